The van der Waals surface area contributed by atoms with Crippen molar-refractivity contribution in [3.63, 3.8) is 0 Å². The van der Waals surface area contributed by atoms with Crippen LogP contribution >= 0.6 is 11.6 Å². The lowest BCUT2D eigenvalue weighted by molar-refractivity contribution is 0.121. The molecule has 1 N–H and O–H groups in total. The number of fused-ring (bicyclic) bond motifs is 4. The summed E-state index contributed by atoms with van der Waals surface area (Å²) in [5.74, 6) is 0.668. The minimum absolute atomic E-state index is 0.668. The molecule has 0 amide bonds. The van der Waals surface area contributed by atoms with Crippen molar-refractivity contribution < 1.29 is 5.11 Å². The molecule has 4 heteroatoms. The van der Waals surface area contributed by atoms with Gasteiger partial charge in [0.15, 0.2) is 11.4 Å². The fourth-order valence-electron chi connectivity index (χ4n) is 4.82. The molecule has 1 aliphatic carbocycles. The number of allylic oxidation sites excluding steroid dienone is 2. The Kier molecular flexibility index (Phi) is 3.79. The second kappa shape index (κ2) is 6.43. The van der Waals surface area contributed by atoms with Crippen LogP contribution in [0.15, 0.2) is 90.5 Å². The van der Waals surface area contributed by atoms with Gasteiger partial charge in [0.1, 0.15) is 0 Å². The second-order valence-corrected chi connectivity index (χ2v) is 8.26. The number of benzene rings is 3. The lowest BCUT2D eigenvalue weighted by Crippen LogP contribution is -2.29. The fourth-order valence-corrected chi connectivity index (χ4v) is 4.95. The minimum Gasteiger partial charge on any atom is -0.373 e. The van der Waals surface area contributed by atoms with Crippen molar-refractivity contribution in [1.82, 2.24) is 9.55 Å². The van der Waals surface area contributed by atoms with Crippen LogP contribution < -0.4 is 0 Å². The van der Waals surface area contributed by atoms with Crippen LogP contribution in [0.1, 0.15) is 24.2 Å². The lowest BCUT2D eigenvalue weighted by atomic mass is 9.80. The van der Waals surface area contributed by atoms with E-state index in [0.717, 1.165) is 51.8 Å². The van der Waals surface area contributed by atoms with E-state index in [1.807, 2.05) is 60.7 Å². The summed E-state index contributed by atoms with van der Waals surface area (Å²) in [7, 11) is 0. The molecule has 0 spiro atoms. The molecule has 2 aliphatic rings. The Bertz CT molecular complexity index is 1360. The summed E-state index contributed by atoms with van der Waals surface area (Å²) in [6.07, 6.45) is 6.05. The summed E-state index contributed by atoms with van der Waals surface area (Å²) in [4.78, 5) is 4.91. The summed E-state index contributed by atoms with van der Waals surface area (Å²) >= 11 is 6.12. The Morgan fingerprint density at radius 2 is 1.70 bits per heavy atom. The third-order valence-corrected chi connectivity index (χ3v) is 6.41. The highest BCUT2D eigenvalue weighted by Crippen LogP contribution is 2.51. The molecule has 1 aromatic heterocycles. The predicted octanol–water partition coefficient (Wildman–Crippen LogP) is 6.17. The maximum absolute atomic E-state index is 12.4. The van der Waals surface area contributed by atoms with E-state index in [1.165, 1.54) is 0 Å². The van der Waals surface area contributed by atoms with E-state index in [1.54, 1.807) is 0 Å². The van der Waals surface area contributed by atoms with Gasteiger partial charge in [-0.1, -0.05) is 72.3 Å². The number of nitrogens with zero attached hydrogens (tertiary/aromatic N) is 2. The van der Waals surface area contributed by atoms with Gasteiger partial charge in [-0.15, -0.1) is 0 Å². The molecule has 1 unspecified atom stereocenters. The van der Waals surface area contributed by atoms with Crippen LogP contribution in [0.4, 0.5) is 0 Å². The highest BCUT2D eigenvalue weighted by Gasteiger charge is 2.48. The first kappa shape index (κ1) is 17.7. The zero-order valence-corrected chi connectivity index (χ0v) is 17.0. The van der Waals surface area contributed by atoms with Gasteiger partial charge in [-0.2, -0.15) is 0 Å². The number of halogens is 1. The normalized spacial score (nSPS) is 19.9. The number of rotatable bonds is 2. The molecule has 0 saturated heterocycles. The molecule has 6 rings (SSSR count). The molecule has 4 aromatic rings. The number of aliphatic hydroxyl groups is 1. The van der Waals surface area contributed by atoms with E-state index >= 15 is 0 Å². The first-order valence-corrected chi connectivity index (χ1v) is 10.5. The molecule has 3 nitrogen and oxygen atoms in total. The zero-order valence-electron chi connectivity index (χ0n) is 16.2. The average Bonchev–Trinajstić information content (AvgIpc) is 3.29. The van der Waals surface area contributed by atoms with Gasteiger partial charge in [-0.05, 0) is 48.2 Å². The van der Waals surface area contributed by atoms with E-state index in [4.69, 9.17) is 16.6 Å². The monoisotopic (exact) mass is 410 g/mol. The van der Waals surface area contributed by atoms with Gasteiger partial charge in [-0.25, -0.2) is 4.98 Å². The molecular weight excluding hydrogens is 392 g/mol. The molecule has 146 valence electrons. The quantitative estimate of drug-likeness (QED) is 0.429. The Hall–Kier alpha value is -3.14. The zero-order chi connectivity index (χ0) is 20.3. The Morgan fingerprint density at radius 3 is 2.57 bits per heavy atom. The van der Waals surface area contributed by atoms with Gasteiger partial charge in [0.05, 0.1) is 11.0 Å². The van der Waals surface area contributed by atoms with Crippen LogP contribution in [0.25, 0.3) is 27.9 Å². The van der Waals surface area contributed by atoms with Gasteiger partial charge in [-0.3, -0.25) is 4.57 Å². The lowest BCUT2D eigenvalue weighted by Gasteiger charge is -2.28. The van der Waals surface area contributed by atoms with Gasteiger partial charge in [0, 0.05) is 21.9 Å². The van der Waals surface area contributed by atoms with E-state index in [9.17, 15) is 5.11 Å². The van der Waals surface area contributed by atoms with Crippen molar-refractivity contribution >= 4 is 28.3 Å². The highest BCUT2D eigenvalue weighted by atomic mass is 35.5. The maximum atomic E-state index is 12.4. The fraction of sp³-hybridized carbons (Fsp3) is 0.115. The smallest absolute Gasteiger partial charge is 0.175 e. The molecule has 0 fully saturated rings. The second-order valence-electron chi connectivity index (χ2n) is 7.82. The van der Waals surface area contributed by atoms with Gasteiger partial charge in [0.2, 0.25) is 0 Å². The molecule has 0 radical (unpaired) electrons. The maximum Gasteiger partial charge on any atom is 0.175 e. The summed E-state index contributed by atoms with van der Waals surface area (Å²) in [6.45, 7) is 0. The van der Waals surface area contributed by atoms with E-state index in [2.05, 4.69) is 28.9 Å². The van der Waals surface area contributed by atoms with Gasteiger partial charge in [0.25, 0.3) is 0 Å². The molecule has 2 heterocycles. The summed E-state index contributed by atoms with van der Waals surface area (Å²) in [5, 5.41) is 13.1. The van der Waals surface area contributed by atoms with Crippen molar-refractivity contribution in [2.24, 2.45) is 0 Å². The molecular formula is C26H19ClN2O. The van der Waals surface area contributed by atoms with Crippen LogP contribution in [-0.4, -0.2) is 14.7 Å². The standard InChI is InChI=1S/C26H19ClN2O/c27-18-15-13-17(14-16-18)19-7-1-2-8-20(19)26(30)21-9-3-5-11-23(21)29-24-12-6-4-10-22(24)28-25(26)29/h1-4,6-10,12-16,30H,5,11H2. The summed E-state index contributed by atoms with van der Waals surface area (Å²) in [5.41, 5.74) is 5.49. The molecule has 0 bridgehead atoms. The molecule has 1 atom stereocenters. The third-order valence-electron chi connectivity index (χ3n) is 6.16. The van der Waals surface area contributed by atoms with Crippen molar-refractivity contribution in [2.75, 3.05) is 0 Å². The van der Waals surface area contributed by atoms with E-state index < -0.39 is 5.60 Å². The number of hydrogen-bond donors (Lipinski definition) is 1. The Morgan fingerprint density at radius 1 is 0.933 bits per heavy atom. The van der Waals surface area contributed by atoms with Crippen LogP contribution in [0.5, 0.6) is 0 Å². The largest absolute Gasteiger partial charge is 0.373 e. The predicted molar refractivity (Wildman–Crippen MR) is 121 cm³/mol. The Labute approximate surface area is 179 Å². The third kappa shape index (κ3) is 2.33. The summed E-state index contributed by atoms with van der Waals surface area (Å²) < 4.78 is 2.16. The SMILES string of the molecule is OC1(c2ccccc2-c2ccc(Cl)cc2)C2=C(CCC=C2)n2c1nc1ccccc12. The minimum atomic E-state index is -1.32. The van der Waals surface area contributed by atoms with E-state index in [0.29, 0.717) is 10.8 Å². The summed E-state index contributed by atoms with van der Waals surface area (Å²) in [6, 6.07) is 23.9. The molecule has 1 aliphatic heterocycles. The van der Waals surface area contributed by atoms with Crippen molar-refractivity contribution in [1.29, 1.82) is 0 Å². The van der Waals surface area contributed by atoms with Crippen molar-refractivity contribution in [3.8, 4) is 11.1 Å². The number of imidazole rings is 1. The number of hydrogen-bond acceptors (Lipinski definition) is 2. The number of para-hydroxylation sites is 2. The van der Waals surface area contributed by atoms with Crippen molar-refractivity contribution in [2.45, 2.75) is 18.4 Å². The molecule has 0 saturated carbocycles. The average molecular weight is 411 g/mol. The topological polar surface area (TPSA) is 38.0 Å². The molecule has 3 aromatic carbocycles. The van der Waals surface area contributed by atoms with Gasteiger partial charge >= 0.3 is 0 Å². The Balaban J connectivity index is 1.67. The van der Waals surface area contributed by atoms with Crippen LogP contribution in [-0.2, 0) is 5.60 Å². The molecule has 30 heavy (non-hydrogen) atoms. The highest BCUT2D eigenvalue weighted by molar-refractivity contribution is 6.30. The number of aromatic nitrogens is 2. The van der Waals surface area contributed by atoms with Crippen LogP contribution in [0, 0.1) is 0 Å². The van der Waals surface area contributed by atoms with E-state index in [-0.39, 0.29) is 0 Å². The van der Waals surface area contributed by atoms with Crippen LogP contribution in [0.3, 0.4) is 0 Å². The van der Waals surface area contributed by atoms with Gasteiger partial charge < -0.3 is 5.11 Å². The first-order chi connectivity index (χ1) is 14.7. The van der Waals surface area contributed by atoms with Crippen LogP contribution in [0.2, 0.25) is 5.02 Å². The first-order valence-electron chi connectivity index (χ1n) is 10.1. The van der Waals surface area contributed by atoms with Crippen molar-refractivity contribution in [3.05, 3.63) is 107 Å².